The summed E-state index contributed by atoms with van der Waals surface area (Å²) >= 11 is 0. The van der Waals surface area contributed by atoms with Crippen LogP contribution < -0.4 is 4.74 Å². The first kappa shape index (κ1) is 12.3. The SMILES string of the molecule is COc1nc(C)cnc1CN1CCC(CO)C1. The number of aromatic nitrogens is 2. The van der Waals surface area contributed by atoms with Gasteiger partial charge in [0.2, 0.25) is 5.88 Å². The number of aliphatic hydroxyl groups is 1. The number of aryl methyl sites for hydroxylation is 1. The van der Waals surface area contributed by atoms with Crippen LogP contribution in [0.15, 0.2) is 6.20 Å². The van der Waals surface area contributed by atoms with Crippen LogP contribution in [0.5, 0.6) is 5.88 Å². The highest BCUT2D eigenvalue weighted by Gasteiger charge is 2.23. The summed E-state index contributed by atoms with van der Waals surface area (Å²) in [5.74, 6) is 1.01. The van der Waals surface area contributed by atoms with Crippen molar-refractivity contribution in [2.24, 2.45) is 5.92 Å². The average molecular weight is 237 g/mol. The van der Waals surface area contributed by atoms with Crippen LogP contribution in [0.2, 0.25) is 0 Å². The monoisotopic (exact) mass is 237 g/mol. The lowest BCUT2D eigenvalue weighted by atomic mass is 10.1. The minimum Gasteiger partial charge on any atom is -0.480 e. The van der Waals surface area contributed by atoms with E-state index in [0.29, 0.717) is 11.8 Å². The highest BCUT2D eigenvalue weighted by molar-refractivity contribution is 5.19. The van der Waals surface area contributed by atoms with Crippen molar-refractivity contribution in [1.82, 2.24) is 14.9 Å². The molecule has 1 aliphatic rings. The summed E-state index contributed by atoms with van der Waals surface area (Å²) in [5, 5.41) is 9.11. The predicted molar refractivity (Wildman–Crippen MR) is 63.8 cm³/mol. The first-order valence-corrected chi connectivity index (χ1v) is 5.92. The predicted octanol–water partition coefficient (Wildman–Crippen LogP) is 0.608. The van der Waals surface area contributed by atoms with E-state index < -0.39 is 0 Å². The average Bonchev–Trinajstić information content (AvgIpc) is 2.79. The number of methoxy groups -OCH3 is 1. The summed E-state index contributed by atoms with van der Waals surface area (Å²) in [6.45, 7) is 4.84. The van der Waals surface area contributed by atoms with E-state index in [1.165, 1.54) is 0 Å². The van der Waals surface area contributed by atoms with Gasteiger partial charge in [0.15, 0.2) is 0 Å². The zero-order chi connectivity index (χ0) is 12.3. The van der Waals surface area contributed by atoms with Crippen molar-refractivity contribution in [2.45, 2.75) is 19.9 Å². The second kappa shape index (κ2) is 5.42. The number of nitrogens with zero attached hydrogens (tertiary/aromatic N) is 3. The maximum atomic E-state index is 9.11. The lowest BCUT2D eigenvalue weighted by Gasteiger charge is -2.16. The number of hydrogen-bond acceptors (Lipinski definition) is 5. The summed E-state index contributed by atoms with van der Waals surface area (Å²) in [6, 6.07) is 0. The molecule has 2 rings (SSSR count). The normalized spacial score (nSPS) is 20.8. The van der Waals surface area contributed by atoms with Crippen LogP contribution in [0.4, 0.5) is 0 Å². The Morgan fingerprint density at radius 1 is 1.59 bits per heavy atom. The fourth-order valence-corrected chi connectivity index (χ4v) is 2.17. The molecule has 2 heterocycles. The van der Waals surface area contributed by atoms with Crippen molar-refractivity contribution in [1.29, 1.82) is 0 Å². The van der Waals surface area contributed by atoms with Crippen molar-refractivity contribution in [3.8, 4) is 5.88 Å². The first-order chi connectivity index (χ1) is 8.22. The molecule has 0 aromatic carbocycles. The third-order valence-corrected chi connectivity index (χ3v) is 3.13. The van der Waals surface area contributed by atoms with Crippen LogP contribution in [0.25, 0.3) is 0 Å². The van der Waals surface area contributed by atoms with Gasteiger partial charge in [-0.25, -0.2) is 4.98 Å². The lowest BCUT2D eigenvalue weighted by Crippen LogP contribution is -2.22. The van der Waals surface area contributed by atoms with E-state index in [1.807, 2.05) is 6.92 Å². The van der Waals surface area contributed by atoms with Crippen molar-refractivity contribution in [2.75, 3.05) is 26.8 Å². The molecule has 1 fully saturated rings. The molecule has 0 spiro atoms. The molecule has 1 atom stereocenters. The second-order valence-corrected chi connectivity index (χ2v) is 4.54. The van der Waals surface area contributed by atoms with Crippen LogP contribution >= 0.6 is 0 Å². The van der Waals surface area contributed by atoms with E-state index >= 15 is 0 Å². The van der Waals surface area contributed by atoms with Crippen LogP contribution in [0, 0.1) is 12.8 Å². The van der Waals surface area contributed by atoms with Crippen molar-refractivity contribution < 1.29 is 9.84 Å². The van der Waals surface area contributed by atoms with Crippen molar-refractivity contribution in [3.05, 3.63) is 17.6 Å². The summed E-state index contributed by atoms with van der Waals surface area (Å²) < 4.78 is 5.24. The number of rotatable bonds is 4. The van der Waals surface area contributed by atoms with Gasteiger partial charge in [0.25, 0.3) is 0 Å². The van der Waals surface area contributed by atoms with E-state index in [0.717, 1.165) is 37.4 Å². The Labute approximate surface area is 101 Å². The van der Waals surface area contributed by atoms with E-state index in [1.54, 1.807) is 13.3 Å². The Bertz CT molecular complexity index is 384. The van der Waals surface area contributed by atoms with Gasteiger partial charge in [0.1, 0.15) is 5.69 Å². The van der Waals surface area contributed by atoms with Crippen LogP contribution in [0.1, 0.15) is 17.8 Å². The molecule has 0 aliphatic carbocycles. The highest BCUT2D eigenvalue weighted by atomic mass is 16.5. The summed E-state index contributed by atoms with van der Waals surface area (Å²) in [4.78, 5) is 11.0. The fraction of sp³-hybridized carbons (Fsp3) is 0.667. The third kappa shape index (κ3) is 2.92. The Morgan fingerprint density at radius 3 is 3.06 bits per heavy atom. The molecule has 0 saturated carbocycles. The Kier molecular flexibility index (Phi) is 3.91. The van der Waals surface area contributed by atoms with Gasteiger partial charge in [-0.2, -0.15) is 0 Å². The lowest BCUT2D eigenvalue weighted by molar-refractivity contribution is 0.218. The van der Waals surface area contributed by atoms with E-state index in [2.05, 4.69) is 14.9 Å². The molecular formula is C12H19N3O2. The van der Waals surface area contributed by atoms with Gasteiger partial charge < -0.3 is 9.84 Å². The molecule has 17 heavy (non-hydrogen) atoms. The topological polar surface area (TPSA) is 58.5 Å². The van der Waals surface area contributed by atoms with Crippen molar-refractivity contribution in [3.63, 3.8) is 0 Å². The summed E-state index contributed by atoms with van der Waals surface area (Å²) in [7, 11) is 1.62. The first-order valence-electron chi connectivity index (χ1n) is 5.92. The molecule has 1 unspecified atom stereocenters. The van der Waals surface area contributed by atoms with Gasteiger partial charge in [-0.3, -0.25) is 9.88 Å². The molecule has 0 radical (unpaired) electrons. The number of hydrogen-bond donors (Lipinski definition) is 1. The molecule has 5 nitrogen and oxygen atoms in total. The second-order valence-electron chi connectivity index (χ2n) is 4.54. The van der Waals surface area contributed by atoms with Crippen molar-refractivity contribution >= 4 is 0 Å². The molecule has 0 amide bonds. The quantitative estimate of drug-likeness (QED) is 0.831. The van der Waals surface area contributed by atoms with Crippen LogP contribution in [-0.4, -0.2) is 46.8 Å². The highest BCUT2D eigenvalue weighted by Crippen LogP contribution is 2.20. The molecule has 94 valence electrons. The van der Waals surface area contributed by atoms with Gasteiger partial charge in [0.05, 0.1) is 12.8 Å². The van der Waals surface area contributed by atoms with E-state index in [4.69, 9.17) is 9.84 Å². The number of likely N-dealkylation sites (tertiary alicyclic amines) is 1. The van der Waals surface area contributed by atoms with Gasteiger partial charge in [-0.05, 0) is 25.8 Å². The maximum Gasteiger partial charge on any atom is 0.236 e. The molecule has 1 N–H and O–H groups in total. The number of ether oxygens (including phenoxy) is 1. The minimum absolute atomic E-state index is 0.271. The van der Waals surface area contributed by atoms with Gasteiger partial charge in [-0.15, -0.1) is 0 Å². The largest absolute Gasteiger partial charge is 0.480 e. The van der Waals surface area contributed by atoms with Gasteiger partial charge in [0, 0.05) is 25.9 Å². The fourth-order valence-electron chi connectivity index (χ4n) is 2.17. The minimum atomic E-state index is 0.271. The Morgan fingerprint density at radius 2 is 2.41 bits per heavy atom. The zero-order valence-electron chi connectivity index (χ0n) is 10.4. The summed E-state index contributed by atoms with van der Waals surface area (Å²) in [5.41, 5.74) is 1.73. The smallest absolute Gasteiger partial charge is 0.236 e. The molecule has 1 aliphatic heterocycles. The standard InChI is InChI=1S/C12H19N3O2/c1-9-5-13-11(12(14-9)17-2)7-15-4-3-10(6-15)8-16/h5,10,16H,3-4,6-8H2,1-2H3. The molecule has 1 aromatic heterocycles. The number of aliphatic hydroxyl groups excluding tert-OH is 1. The maximum absolute atomic E-state index is 9.11. The Hall–Kier alpha value is -1.20. The summed E-state index contributed by atoms with van der Waals surface area (Å²) in [6.07, 6.45) is 2.82. The van der Waals surface area contributed by atoms with Gasteiger partial charge in [-0.1, -0.05) is 0 Å². The molecule has 1 saturated heterocycles. The van der Waals surface area contributed by atoms with E-state index in [-0.39, 0.29) is 6.61 Å². The molecule has 5 heteroatoms. The zero-order valence-corrected chi connectivity index (χ0v) is 10.4. The molecule has 1 aromatic rings. The molecule has 0 bridgehead atoms. The van der Waals surface area contributed by atoms with Crippen LogP contribution in [0.3, 0.4) is 0 Å². The van der Waals surface area contributed by atoms with Gasteiger partial charge >= 0.3 is 0 Å². The third-order valence-electron chi connectivity index (χ3n) is 3.13. The Balaban J connectivity index is 2.03. The molecular weight excluding hydrogens is 218 g/mol. The van der Waals surface area contributed by atoms with Crippen LogP contribution in [-0.2, 0) is 6.54 Å². The van der Waals surface area contributed by atoms with E-state index in [9.17, 15) is 0 Å².